The van der Waals surface area contributed by atoms with E-state index in [2.05, 4.69) is 22.4 Å². The molecule has 14 heavy (non-hydrogen) atoms. The van der Waals surface area contributed by atoms with Gasteiger partial charge in [-0.15, -0.1) is 0 Å². The van der Waals surface area contributed by atoms with Crippen LogP contribution in [0.15, 0.2) is 23.4 Å². The lowest BCUT2D eigenvalue weighted by Gasteiger charge is -2.34. The van der Waals surface area contributed by atoms with Crippen molar-refractivity contribution in [1.82, 2.24) is 10.2 Å². The molecular weight excluding hydrogens is 176 g/mol. The van der Waals surface area contributed by atoms with Crippen LogP contribution in [-0.4, -0.2) is 29.9 Å². The van der Waals surface area contributed by atoms with Crippen molar-refractivity contribution >= 4 is 5.91 Å². The molecule has 0 bridgehead atoms. The van der Waals surface area contributed by atoms with Crippen LogP contribution in [0.2, 0.25) is 0 Å². The third-order valence-electron chi connectivity index (χ3n) is 3.29. The van der Waals surface area contributed by atoms with Gasteiger partial charge in [0, 0.05) is 24.4 Å². The van der Waals surface area contributed by atoms with E-state index in [1.54, 1.807) is 0 Å². The Morgan fingerprint density at radius 3 is 3.36 bits per heavy atom. The van der Waals surface area contributed by atoms with E-state index >= 15 is 0 Å². The number of carbonyl (C=O) groups is 1. The third kappa shape index (κ3) is 1.01. The van der Waals surface area contributed by atoms with Gasteiger partial charge in [0.15, 0.2) is 0 Å². The summed E-state index contributed by atoms with van der Waals surface area (Å²) in [5.41, 5.74) is 2.25. The van der Waals surface area contributed by atoms with Gasteiger partial charge in [0.05, 0.1) is 6.04 Å². The van der Waals surface area contributed by atoms with Crippen molar-refractivity contribution in [3.8, 4) is 0 Å². The summed E-state index contributed by atoms with van der Waals surface area (Å²) in [6.07, 6.45) is 7.77. The molecule has 1 fully saturated rings. The molecule has 3 aliphatic heterocycles. The lowest BCUT2D eigenvalue weighted by molar-refractivity contribution is -0.118. The Labute approximate surface area is 83.5 Å². The average Bonchev–Trinajstić information content (AvgIpc) is 2.59. The van der Waals surface area contributed by atoms with E-state index in [4.69, 9.17) is 0 Å². The number of rotatable bonds is 0. The van der Waals surface area contributed by atoms with E-state index in [0.717, 1.165) is 31.5 Å². The summed E-state index contributed by atoms with van der Waals surface area (Å²) in [5.74, 6) is 0.136. The van der Waals surface area contributed by atoms with Crippen molar-refractivity contribution in [2.75, 3.05) is 13.1 Å². The molecule has 0 aromatic carbocycles. The highest BCUT2D eigenvalue weighted by atomic mass is 16.1. The van der Waals surface area contributed by atoms with E-state index in [-0.39, 0.29) is 5.91 Å². The fourth-order valence-electron chi connectivity index (χ4n) is 2.61. The molecule has 0 aromatic rings. The summed E-state index contributed by atoms with van der Waals surface area (Å²) in [4.78, 5) is 14.0. The third-order valence-corrected chi connectivity index (χ3v) is 3.29. The van der Waals surface area contributed by atoms with Gasteiger partial charge in [-0.25, -0.2) is 0 Å². The molecule has 3 rings (SSSR count). The number of carbonyl (C=O) groups excluding carboxylic acids is 1. The summed E-state index contributed by atoms with van der Waals surface area (Å²) >= 11 is 0. The predicted octanol–water partition coefficient (Wildman–Crippen LogP) is 0.795. The highest BCUT2D eigenvalue weighted by Crippen LogP contribution is 2.33. The molecule has 74 valence electrons. The number of piperidine rings is 1. The number of nitrogens with zero attached hydrogens (tertiary/aromatic N) is 1. The zero-order valence-electron chi connectivity index (χ0n) is 8.12. The Balaban J connectivity index is 1.98. The first-order chi connectivity index (χ1) is 6.86. The van der Waals surface area contributed by atoms with E-state index < -0.39 is 0 Å². The first-order valence-corrected chi connectivity index (χ1v) is 5.33. The van der Waals surface area contributed by atoms with Gasteiger partial charge < -0.3 is 10.2 Å². The van der Waals surface area contributed by atoms with Gasteiger partial charge in [0.1, 0.15) is 0 Å². The van der Waals surface area contributed by atoms with Gasteiger partial charge in [-0.05, 0) is 25.3 Å². The average molecular weight is 190 g/mol. The smallest absolute Gasteiger partial charge is 0.249 e. The van der Waals surface area contributed by atoms with Gasteiger partial charge >= 0.3 is 0 Å². The first kappa shape index (κ1) is 8.09. The lowest BCUT2D eigenvalue weighted by Crippen LogP contribution is -2.44. The zero-order valence-corrected chi connectivity index (χ0v) is 8.12. The van der Waals surface area contributed by atoms with Crippen molar-refractivity contribution in [2.24, 2.45) is 0 Å². The van der Waals surface area contributed by atoms with Gasteiger partial charge in [0.25, 0.3) is 0 Å². The van der Waals surface area contributed by atoms with E-state index in [9.17, 15) is 4.79 Å². The second-order valence-corrected chi connectivity index (χ2v) is 4.12. The fraction of sp³-hybridized carbons (Fsp3) is 0.545. The van der Waals surface area contributed by atoms with Crippen LogP contribution in [0.5, 0.6) is 0 Å². The van der Waals surface area contributed by atoms with Gasteiger partial charge in [-0.1, -0.05) is 6.08 Å². The molecule has 3 aliphatic rings. The number of hydrogen-bond donors (Lipinski definition) is 1. The van der Waals surface area contributed by atoms with Gasteiger partial charge in [0.2, 0.25) is 5.91 Å². The minimum atomic E-state index is 0.136. The molecule has 0 spiro atoms. The van der Waals surface area contributed by atoms with Crippen LogP contribution in [0.4, 0.5) is 0 Å². The van der Waals surface area contributed by atoms with Crippen molar-refractivity contribution in [3.05, 3.63) is 23.4 Å². The van der Waals surface area contributed by atoms with Crippen LogP contribution in [0.3, 0.4) is 0 Å². The van der Waals surface area contributed by atoms with Crippen LogP contribution in [-0.2, 0) is 4.79 Å². The minimum Gasteiger partial charge on any atom is -0.364 e. The maximum absolute atomic E-state index is 11.6. The van der Waals surface area contributed by atoms with Crippen molar-refractivity contribution in [3.63, 3.8) is 0 Å². The predicted molar refractivity (Wildman–Crippen MR) is 53.5 cm³/mol. The Hall–Kier alpha value is -1.25. The summed E-state index contributed by atoms with van der Waals surface area (Å²) in [7, 11) is 0. The van der Waals surface area contributed by atoms with Gasteiger partial charge in [-0.2, -0.15) is 0 Å². The summed E-state index contributed by atoms with van der Waals surface area (Å²) < 4.78 is 0. The fourth-order valence-corrected chi connectivity index (χ4v) is 2.61. The second-order valence-electron chi connectivity index (χ2n) is 4.12. The van der Waals surface area contributed by atoms with Crippen molar-refractivity contribution in [2.45, 2.75) is 25.3 Å². The Kier molecular flexibility index (Phi) is 1.66. The Morgan fingerprint density at radius 2 is 2.43 bits per heavy atom. The molecule has 1 unspecified atom stereocenters. The first-order valence-electron chi connectivity index (χ1n) is 5.33. The normalized spacial score (nSPS) is 30.1. The highest BCUT2D eigenvalue weighted by molar-refractivity contribution is 5.96. The Bertz CT molecular complexity index is 343. The number of nitrogens with one attached hydrogen (secondary N) is 1. The molecule has 1 atom stereocenters. The largest absolute Gasteiger partial charge is 0.364 e. The molecule has 1 amide bonds. The van der Waals surface area contributed by atoms with Crippen LogP contribution in [0.25, 0.3) is 0 Å². The molecule has 0 saturated carbocycles. The number of amides is 1. The highest BCUT2D eigenvalue weighted by Gasteiger charge is 2.36. The Morgan fingerprint density at radius 1 is 1.50 bits per heavy atom. The van der Waals surface area contributed by atoms with Crippen LogP contribution < -0.4 is 5.32 Å². The summed E-state index contributed by atoms with van der Waals surface area (Å²) in [6, 6.07) is 0.371. The second kappa shape index (κ2) is 2.87. The standard InChI is InChI=1S/C11H14N2O/c14-11-9-7-8-3-1-2-6-13(8)10(9)4-5-12-11/h3,7,10H,1-2,4-6H2,(H,12,14). The quantitative estimate of drug-likeness (QED) is 0.612. The molecule has 1 N–H and O–H groups in total. The van der Waals surface area contributed by atoms with Crippen LogP contribution in [0, 0.1) is 0 Å². The summed E-state index contributed by atoms with van der Waals surface area (Å²) in [6.45, 7) is 1.94. The topological polar surface area (TPSA) is 32.3 Å². The van der Waals surface area contributed by atoms with Gasteiger partial charge in [-0.3, -0.25) is 4.79 Å². The number of hydrogen-bond acceptors (Lipinski definition) is 2. The lowest BCUT2D eigenvalue weighted by atomic mass is 10.0. The number of fused-ring (bicyclic) bond motifs is 3. The summed E-state index contributed by atoms with van der Waals surface area (Å²) in [5, 5.41) is 2.90. The van der Waals surface area contributed by atoms with Crippen LogP contribution in [0.1, 0.15) is 19.3 Å². The minimum absolute atomic E-state index is 0.136. The SMILES string of the molecule is O=C1NCCC2C1=CC1=CCCCN12. The van der Waals surface area contributed by atoms with E-state index in [1.165, 1.54) is 12.1 Å². The van der Waals surface area contributed by atoms with Crippen molar-refractivity contribution < 1.29 is 4.79 Å². The van der Waals surface area contributed by atoms with Crippen molar-refractivity contribution in [1.29, 1.82) is 0 Å². The molecular formula is C11H14N2O. The maximum Gasteiger partial charge on any atom is 0.249 e. The molecule has 3 heteroatoms. The molecule has 0 radical (unpaired) electrons. The molecule has 3 nitrogen and oxygen atoms in total. The molecule has 1 saturated heterocycles. The van der Waals surface area contributed by atoms with E-state index in [1.807, 2.05) is 0 Å². The monoisotopic (exact) mass is 190 g/mol. The maximum atomic E-state index is 11.6. The van der Waals surface area contributed by atoms with E-state index in [0.29, 0.717) is 6.04 Å². The number of allylic oxidation sites excluding steroid dienone is 2. The molecule has 0 aliphatic carbocycles. The molecule has 0 aromatic heterocycles. The van der Waals surface area contributed by atoms with Crippen LogP contribution >= 0.6 is 0 Å². The zero-order chi connectivity index (χ0) is 9.54. The molecule has 3 heterocycles.